The minimum Gasteiger partial charge on any atom is -0.369 e. The third-order valence-electron chi connectivity index (χ3n) is 5.26. The van der Waals surface area contributed by atoms with Gasteiger partial charge in [0.15, 0.2) is 44.7 Å². The number of hydrogen-bond acceptors (Lipinski definition) is 16. The first-order chi connectivity index (χ1) is 21.1. The molecule has 0 aliphatic heterocycles. The second-order valence-corrected chi connectivity index (χ2v) is 8.21. The second-order valence-electron chi connectivity index (χ2n) is 8.21. The van der Waals surface area contributed by atoms with Gasteiger partial charge in [-0.1, -0.05) is 0 Å². The van der Waals surface area contributed by atoms with Crippen molar-refractivity contribution in [2.45, 2.75) is 0 Å². The molecule has 0 radical (unpaired) electrons. The van der Waals surface area contributed by atoms with Crippen LogP contribution in [0.1, 0.15) is 0 Å². The van der Waals surface area contributed by atoms with Crippen molar-refractivity contribution in [2.24, 2.45) is 0 Å². The topological polar surface area (TPSA) is 402 Å². The average Bonchev–Trinajstić information content (AvgIpc) is 3.76. The molecule has 0 unspecified atom stereocenters. The minimum absolute atomic E-state index is 0.0783. The van der Waals surface area contributed by atoms with Gasteiger partial charge in [-0.05, 0) is 0 Å². The van der Waals surface area contributed by atoms with Crippen LogP contribution in [0.4, 0.5) is 23.8 Å². The van der Waals surface area contributed by atoms with Crippen molar-refractivity contribution in [3.8, 4) is 0 Å². The number of aromatic nitrogens is 16. The summed E-state index contributed by atoms with van der Waals surface area (Å²) in [5.74, 6) is 0.313. The highest BCUT2D eigenvalue weighted by Crippen LogP contribution is 2.01. The molecule has 16 N–H and O–H groups in total. The quantitative estimate of drug-likeness (QED) is 0.0815. The molecule has 8 aromatic heterocycles. The molecule has 24 heteroatoms. The molecule has 0 amide bonds. The van der Waals surface area contributed by atoms with E-state index in [2.05, 4.69) is 79.7 Å². The Labute approximate surface area is 238 Å². The first-order valence-electron chi connectivity index (χ1n) is 11.8. The third kappa shape index (κ3) is 6.01. The summed E-state index contributed by atoms with van der Waals surface area (Å²) in [6, 6.07) is 0. The van der Waals surface area contributed by atoms with Crippen molar-refractivity contribution in [1.29, 1.82) is 0 Å². The smallest absolute Gasteiger partial charge is 0.278 e. The Kier molecular flexibility index (Phi) is 7.42. The van der Waals surface area contributed by atoms with Crippen LogP contribution in [0.2, 0.25) is 0 Å². The van der Waals surface area contributed by atoms with E-state index in [0.717, 1.165) is 0 Å². The number of imidazole rings is 4. The van der Waals surface area contributed by atoms with Crippen LogP contribution in [0.3, 0.4) is 0 Å². The largest absolute Gasteiger partial charge is 0.369 e. The molecule has 44 heavy (non-hydrogen) atoms. The fourth-order valence-corrected chi connectivity index (χ4v) is 3.44. The van der Waals surface area contributed by atoms with E-state index in [0.29, 0.717) is 44.7 Å². The molecule has 0 aliphatic carbocycles. The number of fused-ring (bicyclic) bond motifs is 4. The predicted molar refractivity (Wildman–Crippen MR) is 156 cm³/mol. The number of nitrogens with zero attached hydrogens (tertiary/aromatic N) is 8. The summed E-state index contributed by atoms with van der Waals surface area (Å²) >= 11 is 0. The van der Waals surface area contributed by atoms with E-state index in [1.807, 2.05) is 0 Å². The van der Waals surface area contributed by atoms with Gasteiger partial charge >= 0.3 is 0 Å². The third-order valence-corrected chi connectivity index (χ3v) is 5.26. The summed E-state index contributed by atoms with van der Waals surface area (Å²) in [5.41, 5.74) is 22.6. The fourth-order valence-electron chi connectivity index (χ4n) is 3.44. The molecule has 8 aromatic rings. The molecular formula is C20H20N20O4. The van der Waals surface area contributed by atoms with E-state index in [1.165, 1.54) is 25.3 Å². The average molecular weight is 605 g/mol. The van der Waals surface area contributed by atoms with Gasteiger partial charge in [-0.3, -0.25) is 39.1 Å². The maximum Gasteiger partial charge on any atom is 0.278 e. The molecule has 24 nitrogen and oxygen atoms in total. The van der Waals surface area contributed by atoms with Crippen LogP contribution in [0.25, 0.3) is 44.7 Å². The summed E-state index contributed by atoms with van der Waals surface area (Å²) < 4.78 is 0. The van der Waals surface area contributed by atoms with Gasteiger partial charge < -0.3 is 42.9 Å². The lowest BCUT2D eigenvalue weighted by Gasteiger charge is -1.89. The first-order valence-corrected chi connectivity index (χ1v) is 11.8. The number of nitrogen functional groups attached to an aromatic ring is 4. The zero-order valence-electron chi connectivity index (χ0n) is 21.8. The van der Waals surface area contributed by atoms with Crippen molar-refractivity contribution < 1.29 is 0 Å². The van der Waals surface area contributed by atoms with Gasteiger partial charge in [0, 0.05) is 0 Å². The van der Waals surface area contributed by atoms with Gasteiger partial charge in [-0.2, -0.15) is 19.9 Å². The maximum absolute atomic E-state index is 11.0. The number of aromatic amines is 8. The Morgan fingerprint density at radius 1 is 0.386 bits per heavy atom. The standard InChI is InChI=1S/4C5H5N5O/c4*6-5-9-3-2(4(11)10-5)7-1-8-3/h4*1H,(H4,6,7,8,9,10,11). The second kappa shape index (κ2) is 11.6. The molecule has 0 spiro atoms. The lowest BCUT2D eigenvalue weighted by atomic mass is 10.5. The van der Waals surface area contributed by atoms with Gasteiger partial charge in [0.05, 0.1) is 25.3 Å². The van der Waals surface area contributed by atoms with Crippen LogP contribution in [-0.4, -0.2) is 79.7 Å². The highest BCUT2D eigenvalue weighted by molar-refractivity contribution is 5.71. The zero-order valence-corrected chi connectivity index (χ0v) is 21.8. The molecule has 0 aliphatic rings. The lowest BCUT2D eigenvalue weighted by molar-refractivity contribution is 1.17. The maximum atomic E-state index is 11.0. The van der Waals surface area contributed by atoms with Gasteiger partial charge in [0.2, 0.25) is 23.8 Å². The molecule has 0 aromatic carbocycles. The molecule has 0 saturated carbocycles. The van der Waals surface area contributed by atoms with Crippen LogP contribution in [-0.2, 0) is 0 Å². The number of nitrogens with two attached hydrogens (primary N) is 4. The highest BCUT2D eigenvalue weighted by atomic mass is 16.1. The van der Waals surface area contributed by atoms with Gasteiger partial charge in [0.25, 0.3) is 22.2 Å². The Balaban J connectivity index is 0.000000116. The van der Waals surface area contributed by atoms with Crippen LogP contribution in [0.15, 0.2) is 44.5 Å². The van der Waals surface area contributed by atoms with Crippen LogP contribution in [0, 0.1) is 0 Å². The molecule has 224 valence electrons. The molecule has 0 atom stereocenters. The first kappa shape index (κ1) is 28.1. The van der Waals surface area contributed by atoms with Crippen molar-refractivity contribution in [3.05, 3.63) is 66.7 Å². The van der Waals surface area contributed by atoms with Crippen LogP contribution >= 0.6 is 0 Å². The van der Waals surface area contributed by atoms with Crippen LogP contribution in [0.5, 0.6) is 0 Å². The van der Waals surface area contributed by atoms with E-state index in [1.54, 1.807) is 0 Å². The number of H-pyrrole nitrogens is 8. The van der Waals surface area contributed by atoms with E-state index in [-0.39, 0.29) is 46.0 Å². The molecular weight excluding hydrogens is 584 g/mol. The summed E-state index contributed by atoms with van der Waals surface area (Å²) in [6.45, 7) is 0. The van der Waals surface area contributed by atoms with Crippen LogP contribution < -0.4 is 45.2 Å². The van der Waals surface area contributed by atoms with E-state index < -0.39 is 0 Å². The monoisotopic (exact) mass is 604 g/mol. The molecule has 0 bridgehead atoms. The van der Waals surface area contributed by atoms with Crippen molar-refractivity contribution >= 4 is 68.4 Å². The molecule has 8 rings (SSSR count). The fraction of sp³-hybridized carbons (Fsp3) is 0. The number of rotatable bonds is 0. The molecule has 0 fully saturated rings. The van der Waals surface area contributed by atoms with Crippen molar-refractivity contribution in [2.75, 3.05) is 22.9 Å². The van der Waals surface area contributed by atoms with E-state index in [4.69, 9.17) is 22.9 Å². The zero-order chi connectivity index (χ0) is 31.4. The van der Waals surface area contributed by atoms with Crippen molar-refractivity contribution in [3.63, 3.8) is 0 Å². The highest BCUT2D eigenvalue weighted by Gasteiger charge is 2.04. The van der Waals surface area contributed by atoms with Gasteiger partial charge in [-0.15, -0.1) is 0 Å². The number of nitrogens with one attached hydrogen (secondary N) is 8. The van der Waals surface area contributed by atoms with Gasteiger partial charge in [-0.25, -0.2) is 19.9 Å². The summed E-state index contributed by atoms with van der Waals surface area (Å²) in [4.78, 5) is 94.2. The summed E-state index contributed by atoms with van der Waals surface area (Å²) in [7, 11) is 0. The number of anilines is 4. The van der Waals surface area contributed by atoms with Gasteiger partial charge in [0.1, 0.15) is 0 Å². The summed E-state index contributed by atoms with van der Waals surface area (Å²) in [6.07, 6.45) is 5.58. The lowest BCUT2D eigenvalue weighted by Crippen LogP contribution is -2.10. The predicted octanol–water partition coefficient (Wildman–Crippen LogP) is -3.09. The molecule has 0 saturated heterocycles. The normalized spacial score (nSPS) is 10.5. The van der Waals surface area contributed by atoms with E-state index >= 15 is 0 Å². The Hall–Kier alpha value is -7.40. The van der Waals surface area contributed by atoms with Crippen molar-refractivity contribution in [1.82, 2.24) is 79.7 Å². The number of hydrogen-bond donors (Lipinski definition) is 12. The Morgan fingerprint density at radius 3 is 0.795 bits per heavy atom. The molecule has 8 heterocycles. The Bertz CT molecular complexity index is 2110. The summed E-state index contributed by atoms with van der Waals surface area (Å²) in [5, 5.41) is 0. The Morgan fingerprint density at radius 2 is 0.591 bits per heavy atom. The van der Waals surface area contributed by atoms with E-state index in [9.17, 15) is 19.2 Å². The minimum atomic E-state index is -0.301. The SMILES string of the molecule is Nc1nc2nc[nH]c2c(=O)[nH]1.Nc1nc2nc[nH]c2c(=O)[nH]1.Nc1nc2nc[nH]c2c(=O)[nH]1.Nc1nc2nc[nH]c2c(=O)[nH]1.